The Bertz CT molecular complexity index is 396. The number of ether oxygens (including phenoxy) is 2. The topological polar surface area (TPSA) is 69.7 Å². The van der Waals surface area contributed by atoms with Crippen molar-refractivity contribution in [3.63, 3.8) is 0 Å². The van der Waals surface area contributed by atoms with Crippen molar-refractivity contribution in [2.24, 2.45) is 0 Å². The molecule has 0 saturated heterocycles. The number of unbranched alkanes of at least 4 members (excludes halogenated alkanes) is 6. The normalized spacial score (nSPS) is 11.0. The van der Waals surface area contributed by atoms with Gasteiger partial charge in [-0.25, -0.2) is 9.59 Å². The van der Waals surface area contributed by atoms with E-state index in [-0.39, 0.29) is 5.78 Å². The first-order valence-electron chi connectivity index (χ1n) is 7.77. The molecule has 5 nitrogen and oxygen atoms in total. The van der Waals surface area contributed by atoms with Crippen molar-refractivity contribution in [1.82, 2.24) is 0 Å². The summed E-state index contributed by atoms with van der Waals surface area (Å²) in [5.74, 6) is -0.810. The van der Waals surface area contributed by atoms with E-state index >= 15 is 0 Å². The van der Waals surface area contributed by atoms with Crippen molar-refractivity contribution in [2.75, 3.05) is 7.11 Å². The Morgan fingerprint density at radius 2 is 1.45 bits per heavy atom. The van der Waals surface area contributed by atoms with Gasteiger partial charge in [0.2, 0.25) is 0 Å². The molecule has 0 bridgehead atoms. The number of ketones is 1. The highest BCUT2D eigenvalue weighted by atomic mass is 16.7. The fraction of sp³-hybridized carbons (Fsp3) is 0.588. The Morgan fingerprint density at radius 3 is 2.09 bits per heavy atom. The van der Waals surface area contributed by atoms with Gasteiger partial charge < -0.3 is 9.47 Å². The number of methoxy groups -OCH3 is 1. The number of rotatable bonds is 11. The molecule has 0 unspecified atom stereocenters. The molecule has 0 fully saturated rings. The minimum absolute atomic E-state index is 0.0274. The molecule has 0 aliphatic carbocycles. The molecular formula is C17H26O5. The fourth-order valence-corrected chi connectivity index (χ4v) is 1.79. The van der Waals surface area contributed by atoms with Crippen LogP contribution in [0.2, 0.25) is 0 Å². The van der Waals surface area contributed by atoms with E-state index in [0.717, 1.165) is 26.0 Å². The van der Waals surface area contributed by atoms with Crippen molar-refractivity contribution in [3.05, 3.63) is 24.3 Å². The van der Waals surface area contributed by atoms with Gasteiger partial charge in [-0.05, 0) is 12.5 Å². The van der Waals surface area contributed by atoms with Gasteiger partial charge in [0.05, 0.1) is 7.11 Å². The molecule has 0 heterocycles. The maximum Gasteiger partial charge on any atom is 0.516 e. The molecule has 0 spiro atoms. The summed E-state index contributed by atoms with van der Waals surface area (Å²) in [5.41, 5.74) is 0. The summed E-state index contributed by atoms with van der Waals surface area (Å²) in [4.78, 5) is 33.2. The molecule has 0 atom stereocenters. The molecule has 0 aromatic heterocycles. The van der Waals surface area contributed by atoms with Crippen LogP contribution in [0, 0.1) is 0 Å². The van der Waals surface area contributed by atoms with Crippen LogP contribution in [0.4, 0.5) is 4.79 Å². The SMILES string of the molecule is CCCCCCCCCC(=O)C=CC=CC(=O)OC(=O)OC. The van der Waals surface area contributed by atoms with Gasteiger partial charge in [-0.2, -0.15) is 0 Å². The lowest BCUT2D eigenvalue weighted by Gasteiger charge is -1.99. The average Bonchev–Trinajstić information content (AvgIpc) is 2.50. The van der Waals surface area contributed by atoms with Crippen LogP contribution < -0.4 is 0 Å². The molecule has 0 saturated carbocycles. The zero-order chi connectivity index (χ0) is 16.6. The average molecular weight is 310 g/mol. The van der Waals surface area contributed by atoms with Crippen molar-refractivity contribution < 1.29 is 23.9 Å². The van der Waals surface area contributed by atoms with Crippen LogP contribution in [0.5, 0.6) is 0 Å². The summed E-state index contributed by atoms with van der Waals surface area (Å²) in [5, 5.41) is 0. The Kier molecular flexibility index (Phi) is 12.8. The minimum Gasteiger partial charge on any atom is -0.437 e. The van der Waals surface area contributed by atoms with E-state index < -0.39 is 12.1 Å². The van der Waals surface area contributed by atoms with Crippen LogP contribution >= 0.6 is 0 Å². The molecule has 0 aliphatic heterocycles. The lowest BCUT2D eigenvalue weighted by atomic mass is 10.1. The Hall–Kier alpha value is -1.91. The van der Waals surface area contributed by atoms with Crippen molar-refractivity contribution in [2.45, 2.75) is 58.3 Å². The second kappa shape index (κ2) is 14.0. The van der Waals surface area contributed by atoms with E-state index in [0.29, 0.717) is 6.42 Å². The molecule has 22 heavy (non-hydrogen) atoms. The van der Waals surface area contributed by atoms with Gasteiger partial charge in [0.25, 0.3) is 0 Å². The lowest BCUT2D eigenvalue weighted by molar-refractivity contribution is -0.133. The molecule has 124 valence electrons. The Balaban J connectivity index is 3.70. The highest BCUT2D eigenvalue weighted by molar-refractivity contribution is 5.91. The third kappa shape index (κ3) is 13.1. The molecule has 0 aromatic rings. The zero-order valence-electron chi connectivity index (χ0n) is 13.5. The van der Waals surface area contributed by atoms with Gasteiger partial charge in [-0.15, -0.1) is 0 Å². The van der Waals surface area contributed by atoms with Gasteiger partial charge in [-0.1, -0.05) is 57.6 Å². The third-order valence-electron chi connectivity index (χ3n) is 3.00. The van der Waals surface area contributed by atoms with Gasteiger partial charge in [0.15, 0.2) is 5.78 Å². The van der Waals surface area contributed by atoms with E-state index in [1.807, 2.05) is 0 Å². The van der Waals surface area contributed by atoms with Crippen LogP contribution in [0.15, 0.2) is 24.3 Å². The summed E-state index contributed by atoms with van der Waals surface area (Å²) in [6.07, 6.45) is 12.9. The number of carbonyl (C=O) groups is 3. The molecular weight excluding hydrogens is 284 g/mol. The summed E-state index contributed by atoms with van der Waals surface area (Å²) in [6.45, 7) is 2.19. The number of allylic oxidation sites excluding steroid dienone is 3. The van der Waals surface area contributed by atoms with Crippen molar-refractivity contribution in [3.8, 4) is 0 Å². The maximum absolute atomic E-state index is 11.5. The standard InChI is InChI=1S/C17H26O5/c1-3-4-5-6-7-8-9-12-15(18)13-10-11-14-16(19)22-17(20)21-2/h10-11,13-14H,3-9,12H2,1-2H3. The minimum atomic E-state index is -1.06. The van der Waals surface area contributed by atoms with Crippen LogP contribution in [0.3, 0.4) is 0 Å². The lowest BCUT2D eigenvalue weighted by Crippen LogP contribution is -2.09. The van der Waals surface area contributed by atoms with Crippen molar-refractivity contribution in [1.29, 1.82) is 0 Å². The van der Waals surface area contributed by atoms with Crippen LogP contribution in [-0.4, -0.2) is 25.0 Å². The van der Waals surface area contributed by atoms with Gasteiger partial charge in [0, 0.05) is 12.5 Å². The van der Waals surface area contributed by atoms with Gasteiger partial charge >= 0.3 is 12.1 Å². The van der Waals surface area contributed by atoms with E-state index in [2.05, 4.69) is 16.4 Å². The molecule has 5 heteroatoms. The predicted molar refractivity (Wildman–Crippen MR) is 84.4 cm³/mol. The molecule has 0 amide bonds. The Labute approximate surface area is 132 Å². The van der Waals surface area contributed by atoms with Crippen molar-refractivity contribution >= 4 is 17.9 Å². The van der Waals surface area contributed by atoms with Crippen LogP contribution in [-0.2, 0) is 19.1 Å². The molecule has 0 N–H and O–H groups in total. The van der Waals surface area contributed by atoms with E-state index in [1.54, 1.807) is 0 Å². The summed E-state index contributed by atoms with van der Waals surface area (Å²) in [7, 11) is 1.11. The van der Waals surface area contributed by atoms with E-state index in [9.17, 15) is 14.4 Å². The monoisotopic (exact) mass is 310 g/mol. The quantitative estimate of drug-likeness (QED) is 0.189. The Morgan fingerprint density at radius 1 is 0.864 bits per heavy atom. The van der Waals surface area contributed by atoms with Crippen LogP contribution in [0.25, 0.3) is 0 Å². The highest BCUT2D eigenvalue weighted by Gasteiger charge is 2.05. The second-order valence-electron chi connectivity index (χ2n) is 4.93. The van der Waals surface area contributed by atoms with Gasteiger partial charge in [0.1, 0.15) is 0 Å². The first kappa shape index (κ1) is 20.1. The summed E-state index contributed by atoms with van der Waals surface area (Å²) < 4.78 is 8.38. The maximum atomic E-state index is 11.5. The summed E-state index contributed by atoms with van der Waals surface area (Å²) >= 11 is 0. The fourth-order valence-electron chi connectivity index (χ4n) is 1.79. The summed E-state index contributed by atoms with van der Waals surface area (Å²) in [6, 6.07) is 0. The number of esters is 1. The number of hydrogen-bond donors (Lipinski definition) is 0. The van der Waals surface area contributed by atoms with Crippen LogP contribution in [0.1, 0.15) is 58.3 Å². The number of carbonyl (C=O) groups excluding carboxylic acids is 3. The van der Waals surface area contributed by atoms with E-state index in [4.69, 9.17) is 0 Å². The second-order valence-corrected chi connectivity index (χ2v) is 4.93. The largest absolute Gasteiger partial charge is 0.516 e. The molecule has 0 aromatic carbocycles. The molecule has 0 rings (SSSR count). The first-order valence-corrected chi connectivity index (χ1v) is 7.77. The van der Waals surface area contributed by atoms with E-state index in [1.165, 1.54) is 50.3 Å². The molecule has 0 aliphatic rings. The number of hydrogen-bond acceptors (Lipinski definition) is 5. The predicted octanol–water partition coefficient (Wildman–Crippen LogP) is 4.12. The first-order chi connectivity index (χ1) is 10.6. The smallest absolute Gasteiger partial charge is 0.437 e. The van der Waals surface area contributed by atoms with Gasteiger partial charge in [-0.3, -0.25) is 4.79 Å². The third-order valence-corrected chi connectivity index (χ3v) is 3.00. The zero-order valence-corrected chi connectivity index (χ0v) is 13.5. The highest BCUT2D eigenvalue weighted by Crippen LogP contribution is 2.08. The molecule has 0 radical (unpaired) electrons.